The van der Waals surface area contributed by atoms with Gasteiger partial charge in [-0.05, 0) is 31.5 Å². The van der Waals surface area contributed by atoms with Crippen molar-refractivity contribution in [1.29, 1.82) is 0 Å². The van der Waals surface area contributed by atoms with Crippen LogP contribution < -0.4 is 11.1 Å². The van der Waals surface area contributed by atoms with E-state index in [0.717, 1.165) is 22.8 Å². The lowest BCUT2D eigenvalue weighted by atomic mass is 10.1. The summed E-state index contributed by atoms with van der Waals surface area (Å²) >= 11 is 0. The van der Waals surface area contributed by atoms with Crippen molar-refractivity contribution in [2.75, 3.05) is 11.1 Å². The highest BCUT2D eigenvalue weighted by molar-refractivity contribution is 5.48. The second-order valence-electron chi connectivity index (χ2n) is 4.79. The Kier molecular flexibility index (Phi) is 2.98. The van der Waals surface area contributed by atoms with E-state index in [1.165, 1.54) is 6.33 Å². The summed E-state index contributed by atoms with van der Waals surface area (Å²) < 4.78 is 1.69. The smallest absolute Gasteiger partial charge is 0.254 e. The summed E-state index contributed by atoms with van der Waals surface area (Å²) in [6.45, 7) is 4.01. The summed E-state index contributed by atoms with van der Waals surface area (Å²) in [5.41, 5.74) is 8.59. The van der Waals surface area contributed by atoms with Crippen molar-refractivity contribution in [3.8, 4) is 0 Å². The van der Waals surface area contributed by atoms with E-state index in [-0.39, 0.29) is 6.04 Å². The number of aromatic nitrogens is 4. The van der Waals surface area contributed by atoms with Crippen LogP contribution in [0, 0.1) is 6.92 Å². The van der Waals surface area contributed by atoms with Crippen LogP contribution in [-0.4, -0.2) is 19.6 Å². The highest BCUT2D eigenvalue weighted by Crippen LogP contribution is 2.21. The van der Waals surface area contributed by atoms with Crippen molar-refractivity contribution in [1.82, 2.24) is 19.6 Å². The number of benzene rings is 1. The summed E-state index contributed by atoms with van der Waals surface area (Å²) in [6, 6.07) is 9.89. The third-order valence-corrected chi connectivity index (χ3v) is 3.15. The van der Waals surface area contributed by atoms with Crippen molar-refractivity contribution in [3.05, 3.63) is 47.9 Å². The first-order valence-electron chi connectivity index (χ1n) is 6.43. The number of fused-ring (bicyclic) bond motifs is 1. The fourth-order valence-electron chi connectivity index (χ4n) is 2.17. The number of nitrogen functional groups attached to an aromatic ring is 1. The lowest BCUT2D eigenvalue weighted by molar-refractivity contribution is 0.838. The zero-order chi connectivity index (χ0) is 14.1. The van der Waals surface area contributed by atoms with Gasteiger partial charge in [-0.3, -0.25) is 0 Å². The van der Waals surface area contributed by atoms with Gasteiger partial charge in [0.05, 0.1) is 6.04 Å². The van der Waals surface area contributed by atoms with Crippen LogP contribution in [-0.2, 0) is 0 Å². The Morgan fingerprint density at radius 1 is 1.30 bits per heavy atom. The number of hydrogen-bond acceptors (Lipinski definition) is 5. The molecule has 0 saturated heterocycles. The molecule has 0 aliphatic heterocycles. The average molecular weight is 268 g/mol. The fraction of sp³-hybridized carbons (Fsp3) is 0.214. The molecule has 0 fully saturated rings. The molecule has 0 bridgehead atoms. The molecule has 6 heteroatoms. The van der Waals surface area contributed by atoms with Crippen molar-refractivity contribution in [2.45, 2.75) is 19.9 Å². The molecule has 0 radical (unpaired) electrons. The third kappa shape index (κ3) is 2.27. The Morgan fingerprint density at radius 2 is 2.15 bits per heavy atom. The van der Waals surface area contributed by atoms with Crippen LogP contribution in [0.15, 0.2) is 36.7 Å². The fourth-order valence-corrected chi connectivity index (χ4v) is 2.17. The van der Waals surface area contributed by atoms with Gasteiger partial charge in [-0.25, -0.2) is 4.98 Å². The minimum absolute atomic E-state index is 0.104. The monoisotopic (exact) mass is 268 g/mol. The first kappa shape index (κ1) is 12.4. The number of nitrogens with one attached hydrogen (secondary N) is 1. The molecule has 0 aliphatic carbocycles. The van der Waals surface area contributed by atoms with Crippen molar-refractivity contribution >= 4 is 17.3 Å². The Balaban J connectivity index is 1.94. The molecule has 1 unspecified atom stereocenters. The van der Waals surface area contributed by atoms with Gasteiger partial charge in [0.15, 0.2) is 0 Å². The summed E-state index contributed by atoms with van der Waals surface area (Å²) in [6.07, 6.45) is 1.50. The Morgan fingerprint density at radius 3 is 2.95 bits per heavy atom. The minimum atomic E-state index is 0.104. The zero-order valence-electron chi connectivity index (χ0n) is 11.4. The number of aryl methyl sites for hydroxylation is 1. The maximum Gasteiger partial charge on any atom is 0.254 e. The van der Waals surface area contributed by atoms with E-state index < -0.39 is 0 Å². The molecule has 1 atom stereocenters. The first-order chi connectivity index (χ1) is 9.63. The van der Waals surface area contributed by atoms with Crippen molar-refractivity contribution in [3.63, 3.8) is 0 Å². The topological polar surface area (TPSA) is 81.1 Å². The molecule has 0 saturated carbocycles. The molecule has 102 valence electrons. The van der Waals surface area contributed by atoms with E-state index in [2.05, 4.69) is 27.3 Å². The molecule has 20 heavy (non-hydrogen) atoms. The standard InChI is InChI=1S/C14H16N6/c1-9-6-13(20-14(18-9)16-8-17-20)19-10(2)11-4-3-5-12(15)7-11/h3-8,10,19H,15H2,1-2H3. The first-order valence-corrected chi connectivity index (χ1v) is 6.43. The molecule has 1 aromatic carbocycles. The van der Waals surface area contributed by atoms with Crippen molar-refractivity contribution < 1.29 is 0 Å². The van der Waals surface area contributed by atoms with Crippen LogP contribution in [0.2, 0.25) is 0 Å². The van der Waals surface area contributed by atoms with Gasteiger partial charge < -0.3 is 11.1 Å². The number of anilines is 2. The number of rotatable bonds is 3. The SMILES string of the molecule is Cc1cc(NC(C)c2cccc(N)c2)n2ncnc2n1. The van der Waals surface area contributed by atoms with E-state index in [1.54, 1.807) is 4.52 Å². The van der Waals surface area contributed by atoms with Crippen molar-refractivity contribution in [2.24, 2.45) is 0 Å². The van der Waals surface area contributed by atoms with Gasteiger partial charge in [-0.2, -0.15) is 14.6 Å². The highest BCUT2D eigenvalue weighted by atomic mass is 15.4. The van der Waals surface area contributed by atoms with Crippen LogP contribution in [0.5, 0.6) is 0 Å². The molecule has 0 aliphatic rings. The number of nitrogens with two attached hydrogens (primary N) is 1. The molecule has 6 nitrogen and oxygen atoms in total. The van der Waals surface area contributed by atoms with Gasteiger partial charge in [-0.1, -0.05) is 12.1 Å². The van der Waals surface area contributed by atoms with Crippen LogP contribution >= 0.6 is 0 Å². The molecule has 2 aromatic heterocycles. The van der Waals surface area contributed by atoms with Gasteiger partial charge in [-0.15, -0.1) is 0 Å². The number of nitrogens with zero attached hydrogens (tertiary/aromatic N) is 4. The molecule has 3 rings (SSSR count). The van der Waals surface area contributed by atoms with Crippen LogP contribution in [0.25, 0.3) is 5.78 Å². The molecular formula is C14H16N6. The summed E-state index contributed by atoms with van der Waals surface area (Å²) in [7, 11) is 0. The number of hydrogen-bond donors (Lipinski definition) is 2. The van der Waals surface area contributed by atoms with Gasteiger partial charge in [0.25, 0.3) is 5.78 Å². The van der Waals surface area contributed by atoms with E-state index in [9.17, 15) is 0 Å². The third-order valence-electron chi connectivity index (χ3n) is 3.15. The quantitative estimate of drug-likeness (QED) is 0.712. The lowest BCUT2D eigenvalue weighted by Gasteiger charge is -2.16. The minimum Gasteiger partial charge on any atom is -0.399 e. The second-order valence-corrected chi connectivity index (χ2v) is 4.79. The Labute approximate surface area is 116 Å². The molecule has 3 N–H and O–H groups in total. The molecule has 0 amide bonds. The summed E-state index contributed by atoms with van der Waals surface area (Å²) in [4.78, 5) is 8.43. The summed E-state index contributed by atoms with van der Waals surface area (Å²) in [5, 5.41) is 7.60. The van der Waals surface area contributed by atoms with Gasteiger partial charge in [0, 0.05) is 17.4 Å². The normalized spacial score (nSPS) is 12.5. The van der Waals surface area contributed by atoms with E-state index in [4.69, 9.17) is 5.73 Å². The molecule has 2 heterocycles. The van der Waals surface area contributed by atoms with Gasteiger partial charge >= 0.3 is 0 Å². The van der Waals surface area contributed by atoms with Gasteiger partial charge in [0.2, 0.25) is 0 Å². The molecular weight excluding hydrogens is 252 g/mol. The Bertz CT molecular complexity index is 748. The van der Waals surface area contributed by atoms with E-state index in [0.29, 0.717) is 5.78 Å². The maximum atomic E-state index is 5.82. The highest BCUT2D eigenvalue weighted by Gasteiger charge is 2.10. The molecule has 0 spiro atoms. The van der Waals surface area contributed by atoms with Gasteiger partial charge in [0.1, 0.15) is 12.1 Å². The predicted octanol–water partition coefficient (Wildman–Crippen LogP) is 2.19. The summed E-state index contributed by atoms with van der Waals surface area (Å²) in [5.74, 6) is 1.45. The second kappa shape index (κ2) is 4.80. The van der Waals surface area contributed by atoms with Crippen LogP contribution in [0.1, 0.15) is 24.2 Å². The van der Waals surface area contributed by atoms with Crippen LogP contribution in [0.3, 0.4) is 0 Å². The largest absolute Gasteiger partial charge is 0.399 e. The lowest BCUT2D eigenvalue weighted by Crippen LogP contribution is -2.11. The van der Waals surface area contributed by atoms with Crippen LogP contribution in [0.4, 0.5) is 11.5 Å². The zero-order valence-corrected chi connectivity index (χ0v) is 11.4. The van der Waals surface area contributed by atoms with E-state index >= 15 is 0 Å². The maximum absolute atomic E-state index is 5.82. The predicted molar refractivity (Wildman–Crippen MR) is 78.4 cm³/mol. The Hall–Kier alpha value is -2.63. The van der Waals surface area contributed by atoms with E-state index in [1.807, 2.05) is 37.3 Å². The average Bonchev–Trinajstić information content (AvgIpc) is 2.86. The molecule has 3 aromatic rings.